The minimum atomic E-state index is -1.02. The fraction of sp³-hybridized carbons (Fsp3) is 0.389. The lowest BCUT2D eigenvalue weighted by Gasteiger charge is -2.18. The number of carbonyl (C=O) groups excluding carboxylic acids is 1. The fourth-order valence-electron chi connectivity index (χ4n) is 2.70. The highest BCUT2D eigenvalue weighted by Crippen LogP contribution is 2.40. The zero-order valence-corrected chi connectivity index (χ0v) is 13.2. The molecule has 1 aliphatic rings. The highest BCUT2D eigenvalue weighted by atomic mass is 16.4. The summed E-state index contributed by atoms with van der Waals surface area (Å²) >= 11 is 0. The molecule has 1 aliphatic carbocycles. The van der Waals surface area contributed by atoms with Crippen LogP contribution in [0.15, 0.2) is 30.3 Å². The molecule has 1 saturated carbocycles. The van der Waals surface area contributed by atoms with Gasteiger partial charge in [-0.3, -0.25) is 9.78 Å². The van der Waals surface area contributed by atoms with Crippen molar-refractivity contribution in [3.05, 3.63) is 41.6 Å². The van der Waals surface area contributed by atoms with Crippen molar-refractivity contribution >= 4 is 22.8 Å². The van der Waals surface area contributed by atoms with Gasteiger partial charge in [0.05, 0.1) is 11.1 Å². The van der Waals surface area contributed by atoms with Crippen molar-refractivity contribution in [2.45, 2.75) is 38.6 Å². The van der Waals surface area contributed by atoms with Gasteiger partial charge in [0.2, 0.25) is 0 Å². The van der Waals surface area contributed by atoms with E-state index in [0.29, 0.717) is 11.5 Å². The molecule has 1 heterocycles. The van der Waals surface area contributed by atoms with Gasteiger partial charge < -0.3 is 10.4 Å². The topological polar surface area (TPSA) is 79.3 Å². The summed E-state index contributed by atoms with van der Waals surface area (Å²) in [6.07, 6.45) is 2.19. The first-order chi connectivity index (χ1) is 11.0. The van der Waals surface area contributed by atoms with Crippen LogP contribution in [0.3, 0.4) is 0 Å². The Labute approximate surface area is 134 Å². The van der Waals surface area contributed by atoms with Crippen LogP contribution in [-0.2, 0) is 4.79 Å². The lowest BCUT2D eigenvalue weighted by atomic mass is 10.0. The van der Waals surface area contributed by atoms with E-state index >= 15 is 0 Å². The van der Waals surface area contributed by atoms with Gasteiger partial charge in [-0.1, -0.05) is 32.0 Å². The van der Waals surface area contributed by atoms with Gasteiger partial charge >= 0.3 is 5.97 Å². The molecule has 0 spiro atoms. The number of rotatable bonds is 5. The zero-order valence-electron chi connectivity index (χ0n) is 13.2. The second-order valence-corrected chi connectivity index (χ2v) is 6.42. The van der Waals surface area contributed by atoms with Gasteiger partial charge in [0.15, 0.2) is 0 Å². The SMILES string of the molecule is CC(C)[C@@H](NC(=O)c1cc(C2CC2)nc2ccccc12)C(=O)O. The summed E-state index contributed by atoms with van der Waals surface area (Å²) in [4.78, 5) is 28.6. The standard InChI is InChI=1S/C18H20N2O3/c1-10(2)16(18(22)23)20-17(21)13-9-15(11-7-8-11)19-14-6-4-3-5-12(13)14/h3-6,9-11,16H,7-8H2,1-2H3,(H,20,21)(H,22,23)/t16-/m1/s1. The molecule has 0 bridgehead atoms. The Morgan fingerprint density at radius 3 is 2.57 bits per heavy atom. The molecule has 23 heavy (non-hydrogen) atoms. The van der Waals surface area contributed by atoms with Crippen molar-refractivity contribution in [1.29, 1.82) is 0 Å². The van der Waals surface area contributed by atoms with Gasteiger partial charge in [0, 0.05) is 17.0 Å². The second-order valence-electron chi connectivity index (χ2n) is 6.42. The minimum absolute atomic E-state index is 0.188. The number of pyridine rings is 1. The molecule has 2 N–H and O–H groups in total. The number of nitrogens with one attached hydrogen (secondary N) is 1. The fourth-order valence-corrected chi connectivity index (χ4v) is 2.70. The summed E-state index contributed by atoms with van der Waals surface area (Å²) in [5.74, 6) is -1.14. The van der Waals surface area contributed by atoms with E-state index in [-0.39, 0.29) is 11.8 Å². The molecule has 2 aromatic rings. The van der Waals surface area contributed by atoms with Gasteiger partial charge in [-0.25, -0.2) is 4.79 Å². The van der Waals surface area contributed by atoms with Crippen LogP contribution < -0.4 is 5.32 Å². The van der Waals surface area contributed by atoms with E-state index in [1.807, 2.05) is 30.3 Å². The summed E-state index contributed by atoms with van der Waals surface area (Å²) in [5.41, 5.74) is 2.20. The van der Waals surface area contributed by atoms with Crippen molar-refractivity contribution in [3.8, 4) is 0 Å². The smallest absolute Gasteiger partial charge is 0.326 e. The van der Waals surface area contributed by atoms with E-state index in [1.54, 1.807) is 13.8 Å². The van der Waals surface area contributed by atoms with Crippen LogP contribution in [0, 0.1) is 5.92 Å². The maximum absolute atomic E-state index is 12.7. The van der Waals surface area contributed by atoms with Crippen molar-refractivity contribution in [2.24, 2.45) is 5.92 Å². The summed E-state index contributed by atoms with van der Waals surface area (Å²) in [5, 5.41) is 12.7. The second kappa shape index (κ2) is 5.99. The number of fused-ring (bicyclic) bond motifs is 1. The Balaban J connectivity index is 2.00. The van der Waals surface area contributed by atoms with Crippen LogP contribution >= 0.6 is 0 Å². The van der Waals surface area contributed by atoms with Crippen LogP contribution in [0.4, 0.5) is 0 Å². The van der Waals surface area contributed by atoms with E-state index in [2.05, 4.69) is 10.3 Å². The van der Waals surface area contributed by atoms with Crippen LogP contribution in [0.25, 0.3) is 10.9 Å². The molecule has 1 aromatic heterocycles. The molecule has 0 radical (unpaired) electrons. The number of carboxylic acid groups (broad SMARTS) is 1. The molecule has 1 fully saturated rings. The third kappa shape index (κ3) is 3.18. The third-order valence-electron chi connectivity index (χ3n) is 4.20. The predicted octanol–water partition coefficient (Wildman–Crippen LogP) is 2.95. The first-order valence-corrected chi connectivity index (χ1v) is 7.90. The number of nitrogens with zero attached hydrogens (tertiary/aromatic N) is 1. The largest absolute Gasteiger partial charge is 0.480 e. The summed E-state index contributed by atoms with van der Waals surface area (Å²) in [7, 11) is 0. The molecule has 1 aromatic carbocycles. The molecule has 120 valence electrons. The minimum Gasteiger partial charge on any atom is -0.480 e. The van der Waals surface area contributed by atoms with Crippen LogP contribution in [0.5, 0.6) is 0 Å². The Kier molecular flexibility index (Phi) is 4.03. The van der Waals surface area contributed by atoms with Crippen molar-refractivity contribution in [1.82, 2.24) is 10.3 Å². The summed E-state index contributed by atoms with van der Waals surface area (Å²) in [6.45, 7) is 3.55. The number of carboxylic acids is 1. The van der Waals surface area contributed by atoms with E-state index in [4.69, 9.17) is 0 Å². The van der Waals surface area contributed by atoms with Gasteiger partial charge in [0.25, 0.3) is 5.91 Å². The normalized spacial score (nSPS) is 15.6. The monoisotopic (exact) mass is 312 g/mol. The Hall–Kier alpha value is -2.43. The molecule has 0 aliphatic heterocycles. The van der Waals surface area contributed by atoms with E-state index in [1.165, 1.54) is 0 Å². The first kappa shape index (κ1) is 15.5. The molecule has 5 nitrogen and oxygen atoms in total. The van der Waals surface area contributed by atoms with Crippen LogP contribution in [0.2, 0.25) is 0 Å². The molecule has 5 heteroatoms. The molecule has 1 atom stereocenters. The van der Waals surface area contributed by atoms with Crippen LogP contribution in [-0.4, -0.2) is 28.0 Å². The number of aliphatic carboxylic acids is 1. The number of hydrogen-bond donors (Lipinski definition) is 2. The molecule has 3 rings (SSSR count). The number of amides is 1. The summed E-state index contributed by atoms with van der Waals surface area (Å²) < 4.78 is 0. The third-order valence-corrected chi connectivity index (χ3v) is 4.20. The Morgan fingerprint density at radius 1 is 1.26 bits per heavy atom. The van der Waals surface area contributed by atoms with E-state index < -0.39 is 12.0 Å². The number of hydrogen-bond acceptors (Lipinski definition) is 3. The van der Waals surface area contributed by atoms with Crippen molar-refractivity contribution < 1.29 is 14.7 Å². The maximum atomic E-state index is 12.7. The van der Waals surface area contributed by atoms with Gasteiger partial charge in [-0.2, -0.15) is 0 Å². The lowest BCUT2D eigenvalue weighted by Crippen LogP contribution is -2.44. The Bertz CT molecular complexity index is 766. The van der Waals surface area contributed by atoms with Crippen molar-refractivity contribution in [2.75, 3.05) is 0 Å². The van der Waals surface area contributed by atoms with E-state index in [9.17, 15) is 14.7 Å². The van der Waals surface area contributed by atoms with Gasteiger partial charge in [-0.15, -0.1) is 0 Å². The quantitative estimate of drug-likeness (QED) is 0.889. The number of para-hydroxylation sites is 1. The molecular weight excluding hydrogens is 292 g/mol. The predicted molar refractivity (Wildman–Crippen MR) is 87.4 cm³/mol. The zero-order chi connectivity index (χ0) is 16.6. The van der Waals surface area contributed by atoms with Crippen LogP contribution in [0.1, 0.15) is 48.7 Å². The summed E-state index contributed by atoms with van der Waals surface area (Å²) in [6, 6.07) is 8.39. The average molecular weight is 312 g/mol. The highest BCUT2D eigenvalue weighted by Gasteiger charge is 2.28. The van der Waals surface area contributed by atoms with Gasteiger partial charge in [0.1, 0.15) is 6.04 Å². The first-order valence-electron chi connectivity index (χ1n) is 7.90. The van der Waals surface area contributed by atoms with E-state index in [0.717, 1.165) is 29.4 Å². The number of carbonyl (C=O) groups is 2. The van der Waals surface area contributed by atoms with Gasteiger partial charge in [-0.05, 0) is 30.9 Å². The lowest BCUT2D eigenvalue weighted by molar-refractivity contribution is -0.140. The Morgan fingerprint density at radius 2 is 1.96 bits per heavy atom. The number of benzene rings is 1. The average Bonchev–Trinajstić information content (AvgIpc) is 3.35. The maximum Gasteiger partial charge on any atom is 0.326 e. The molecule has 0 unspecified atom stereocenters. The highest BCUT2D eigenvalue weighted by molar-refractivity contribution is 6.07. The number of aromatic nitrogens is 1. The molecule has 1 amide bonds. The van der Waals surface area contributed by atoms with Crippen molar-refractivity contribution in [3.63, 3.8) is 0 Å². The molecule has 0 saturated heterocycles. The molecular formula is C18H20N2O3.